The minimum atomic E-state index is -0.425. The van der Waals surface area contributed by atoms with Crippen LogP contribution in [-0.2, 0) is 6.54 Å². The highest BCUT2D eigenvalue weighted by Crippen LogP contribution is 2.34. The number of unbranched alkanes of at least 4 members (excludes halogenated alkanes) is 1. The van der Waals surface area contributed by atoms with Crippen LogP contribution >= 0.6 is 0 Å². The monoisotopic (exact) mass is 271 g/mol. The lowest BCUT2D eigenvalue weighted by Crippen LogP contribution is -2.28. The van der Waals surface area contributed by atoms with Gasteiger partial charge in [-0.05, 0) is 32.1 Å². The van der Waals surface area contributed by atoms with Crippen molar-refractivity contribution >= 4 is 5.91 Å². The fourth-order valence-electron chi connectivity index (χ4n) is 2.63. The number of amides is 1. The van der Waals surface area contributed by atoms with Gasteiger partial charge in [-0.25, -0.2) is 0 Å². The van der Waals surface area contributed by atoms with Crippen LogP contribution in [0.15, 0.2) is 18.2 Å². The number of rotatable bonds is 5. The van der Waals surface area contributed by atoms with E-state index in [4.69, 9.17) is 0 Å². The van der Waals surface area contributed by atoms with Gasteiger partial charge in [0.2, 0.25) is 0 Å². The number of hydrogen-bond acceptors (Lipinski definition) is 3. The Morgan fingerprint density at radius 3 is 2.75 bits per heavy atom. The van der Waals surface area contributed by atoms with E-state index in [0.717, 1.165) is 30.5 Å². The number of fused-ring (bicyclic) bond motifs is 1. The molecule has 1 amide bonds. The van der Waals surface area contributed by atoms with Crippen LogP contribution < -0.4 is 0 Å². The van der Waals surface area contributed by atoms with Gasteiger partial charge < -0.3 is 9.80 Å². The van der Waals surface area contributed by atoms with Gasteiger partial charge in [-0.2, -0.15) is 5.26 Å². The summed E-state index contributed by atoms with van der Waals surface area (Å²) in [7, 11) is 4.02. The molecular weight excluding hydrogens is 250 g/mol. The van der Waals surface area contributed by atoms with Crippen LogP contribution in [0, 0.1) is 11.3 Å². The summed E-state index contributed by atoms with van der Waals surface area (Å²) in [6.45, 7) is 3.56. The Hall–Kier alpha value is -1.86. The highest BCUT2D eigenvalue weighted by atomic mass is 16.2. The topological polar surface area (TPSA) is 47.3 Å². The number of nitriles is 1. The van der Waals surface area contributed by atoms with Crippen LogP contribution in [0.25, 0.3) is 0 Å². The molecule has 1 unspecified atom stereocenters. The zero-order valence-electron chi connectivity index (χ0n) is 12.4. The normalized spacial score (nSPS) is 17.4. The molecule has 2 rings (SSSR count). The molecule has 0 saturated heterocycles. The Morgan fingerprint density at radius 1 is 1.40 bits per heavy atom. The predicted molar refractivity (Wildman–Crippen MR) is 78.1 cm³/mol. The minimum Gasteiger partial charge on any atom is -0.318 e. The zero-order chi connectivity index (χ0) is 14.7. The maximum absolute atomic E-state index is 12.4. The second-order valence-electron chi connectivity index (χ2n) is 5.54. The average Bonchev–Trinajstić information content (AvgIpc) is 2.67. The maximum atomic E-state index is 12.4. The Morgan fingerprint density at radius 2 is 2.15 bits per heavy atom. The van der Waals surface area contributed by atoms with Crippen LogP contribution in [0.4, 0.5) is 0 Å². The standard InChI is InChI=1S/C16H21N3O/c1-4-5-8-19-15(10-17)14-9-12(11-18(2)3)6-7-13(14)16(19)20/h6-7,9,15H,4-5,8,11H2,1-3H3. The van der Waals surface area contributed by atoms with Gasteiger partial charge >= 0.3 is 0 Å². The fraction of sp³-hybridized carbons (Fsp3) is 0.500. The van der Waals surface area contributed by atoms with E-state index >= 15 is 0 Å². The van der Waals surface area contributed by atoms with Gasteiger partial charge in [0.05, 0.1) is 6.07 Å². The van der Waals surface area contributed by atoms with Crippen molar-refractivity contribution in [3.05, 3.63) is 34.9 Å². The van der Waals surface area contributed by atoms with E-state index in [-0.39, 0.29) is 5.91 Å². The first-order chi connectivity index (χ1) is 9.58. The predicted octanol–water partition coefficient (Wildman–Crippen LogP) is 2.57. The van der Waals surface area contributed by atoms with Crippen molar-refractivity contribution in [1.82, 2.24) is 9.80 Å². The summed E-state index contributed by atoms with van der Waals surface area (Å²) < 4.78 is 0. The molecule has 0 spiro atoms. The molecule has 0 aromatic heterocycles. The third-order valence-electron chi connectivity index (χ3n) is 3.59. The van der Waals surface area contributed by atoms with Crippen molar-refractivity contribution < 1.29 is 4.79 Å². The molecule has 106 valence electrons. The van der Waals surface area contributed by atoms with Gasteiger partial charge in [-0.3, -0.25) is 4.79 Å². The van der Waals surface area contributed by atoms with E-state index in [0.29, 0.717) is 12.1 Å². The second-order valence-corrected chi connectivity index (χ2v) is 5.54. The molecule has 20 heavy (non-hydrogen) atoms. The summed E-state index contributed by atoms with van der Waals surface area (Å²) in [5.74, 6) is -0.00333. The van der Waals surface area contributed by atoms with E-state index in [1.165, 1.54) is 0 Å². The summed E-state index contributed by atoms with van der Waals surface area (Å²) in [6.07, 6.45) is 1.95. The number of benzene rings is 1. The molecule has 1 aliphatic heterocycles. The van der Waals surface area contributed by atoms with Gasteiger partial charge in [0.15, 0.2) is 0 Å². The number of nitrogens with zero attached hydrogens (tertiary/aromatic N) is 3. The maximum Gasteiger partial charge on any atom is 0.255 e. The van der Waals surface area contributed by atoms with Crippen LogP contribution in [0.5, 0.6) is 0 Å². The molecule has 0 aliphatic carbocycles. The molecule has 1 aromatic rings. The Kier molecular flexibility index (Phi) is 4.41. The average molecular weight is 271 g/mol. The van der Waals surface area contributed by atoms with Crippen LogP contribution in [-0.4, -0.2) is 36.3 Å². The molecule has 1 aromatic carbocycles. The molecule has 1 atom stereocenters. The van der Waals surface area contributed by atoms with Gasteiger partial charge in [0, 0.05) is 24.2 Å². The third kappa shape index (κ3) is 2.68. The van der Waals surface area contributed by atoms with Crippen molar-refractivity contribution in [3.63, 3.8) is 0 Å². The first-order valence-corrected chi connectivity index (χ1v) is 7.06. The first-order valence-electron chi connectivity index (χ1n) is 7.06. The minimum absolute atomic E-state index is 0.00333. The van der Waals surface area contributed by atoms with Crippen LogP contribution in [0.3, 0.4) is 0 Å². The van der Waals surface area contributed by atoms with Gasteiger partial charge in [-0.15, -0.1) is 0 Å². The molecule has 1 heterocycles. The quantitative estimate of drug-likeness (QED) is 0.827. The second kappa shape index (κ2) is 6.06. The zero-order valence-corrected chi connectivity index (χ0v) is 12.4. The Labute approximate surface area is 120 Å². The molecule has 4 heteroatoms. The van der Waals surface area contributed by atoms with Gasteiger partial charge in [0.1, 0.15) is 6.04 Å². The summed E-state index contributed by atoms with van der Waals surface area (Å²) in [5, 5.41) is 9.42. The molecule has 0 N–H and O–H groups in total. The molecular formula is C16H21N3O. The summed E-state index contributed by atoms with van der Waals surface area (Å²) in [5.41, 5.74) is 2.70. The summed E-state index contributed by atoms with van der Waals surface area (Å²) >= 11 is 0. The number of carbonyl (C=O) groups is 1. The van der Waals surface area contributed by atoms with Crippen molar-refractivity contribution in [2.75, 3.05) is 20.6 Å². The number of carbonyl (C=O) groups excluding carboxylic acids is 1. The molecule has 1 aliphatic rings. The van der Waals surface area contributed by atoms with Crippen molar-refractivity contribution in [2.45, 2.75) is 32.4 Å². The molecule has 0 saturated carbocycles. The van der Waals surface area contributed by atoms with Crippen molar-refractivity contribution in [3.8, 4) is 6.07 Å². The lowest BCUT2D eigenvalue weighted by Gasteiger charge is -2.19. The molecule has 4 nitrogen and oxygen atoms in total. The van der Waals surface area contributed by atoms with E-state index in [1.54, 1.807) is 4.90 Å². The smallest absolute Gasteiger partial charge is 0.255 e. The van der Waals surface area contributed by atoms with Crippen molar-refractivity contribution in [1.29, 1.82) is 5.26 Å². The van der Waals surface area contributed by atoms with Gasteiger partial charge in [-0.1, -0.05) is 25.5 Å². The first kappa shape index (κ1) is 14.5. The summed E-state index contributed by atoms with van der Waals surface area (Å²) in [6, 6.07) is 7.71. The van der Waals surface area contributed by atoms with Gasteiger partial charge in [0.25, 0.3) is 5.91 Å². The van der Waals surface area contributed by atoms with E-state index < -0.39 is 6.04 Å². The van der Waals surface area contributed by atoms with E-state index in [2.05, 4.69) is 17.9 Å². The lowest BCUT2D eigenvalue weighted by molar-refractivity contribution is 0.0755. The highest BCUT2D eigenvalue weighted by Gasteiger charge is 2.36. The molecule has 0 radical (unpaired) electrons. The Bertz CT molecular complexity index is 545. The Balaban J connectivity index is 2.32. The highest BCUT2D eigenvalue weighted by molar-refractivity contribution is 5.99. The third-order valence-corrected chi connectivity index (χ3v) is 3.59. The fourth-order valence-corrected chi connectivity index (χ4v) is 2.63. The largest absolute Gasteiger partial charge is 0.318 e. The molecule has 0 bridgehead atoms. The van der Waals surface area contributed by atoms with Crippen molar-refractivity contribution in [2.24, 2.45) is 0 Å². The summed E-state index contributed by atoms with van der Waals surface area (Å²) in [4.78, 5) is 16.1. The van der Waals surface area contributed by atoms with E-state index in [9.17, 15) is 10.1 Å². The molecule has 0 fully saturated rings. The van der Waals surface area contributed by atoms with E-state index in [1.807, 2.05) is 32.3 Å². The van der Waals surface area contributed by atoms with Crippen LogP contribution in [0.1, 0.15) is 47.3 Å². The SMILES string of the molecule is CCCCN1C(=O)c2ccc(CN(C)C)cc2C1C#N. The number of hydrogen-bond donors (Lipinski definition) is 0. The van der Waals surface area contributed by atoms with Crippen LogP contribution in [0.2, 0.25) is 0 Å². The lowest BCUT2D eigenvalue weighted by atomic mass is 10.0.